The first-order chi connectivity index (χ1) is 14.5. The molecule has 9 heteroatoms. The Kier molecular flexibility index (Phi) is 6.63. The van der Waals surface area contributed by atoms with Gasteiger partial charge in [0.15, 0.2) is 18.1 Å². The van der Waals surface area contributed by atoms with Crippen LogP contribution >= 0.6 is 0 Å². The maximum Gasteiger partial charge on any atom is 0.331 e. The lowest BCUT2D eigenvalue weighted by Gasteiger charge is -2.12. The number of hydrogen-bond acceptors (Lipinski definition) is 8. The number of nitrogens with zero attached hydrogens (tertiary/aromatic N) is 2. The van der Waals surface area contributed by atoms with E-state index in [1.54, 1.807) is 24.3 Å². The Morgan fingerprint density at radius 3 is 2.30 bits per heavy atom. The van der Waals surface area contributed by atoms with Crippen LogP contribution < -0.4 is 14.2 Å². The third-order valence-electron chi connectivity index (χ3n) is 4.00. The van der Waals surface area contributed by atoms with Crippen molar-refractivity contribution in [2.24, 2.45) is 0 Å². The molecular formula is C21H19FN2O6. The third kappa shape index (κ3) is 4.93. The Morgan fingerprint density at radius 1 is 1.03 bits per heavy atom. The molecule has 156 valence electrons. The number of methoxy groups -OCH3 is 3. The predicted molar refractivity (Wildman–Crippen MR) is 105 cm³/mol. The number of ether oxygens (including phenoxy) is 4. The van der Waals surface area contributed by atoms with Crippen LogP contribution in [0.3, 0.4) is 0 Å². The molecule has 0 spiro atoms. The molecule has 2 aromatic carbocycles. The minimum absolute atomic E-state index is 0.113. The van der Waals surface area contributed by atoms with Gasteiger partial charge in [0, 0.05) is 11.6 Å². The molecule has 1 heterocycles. The van der Waals surface area contributed by atoms with E-state index in [0.29, 0.717) is 28.4 Å². The second-order valence-corrected chi connectivity index (χ2v) is 5.91. The highest BCUT2D eigenvalue weighted by atomic mass is 19.1. The number of esters is 1. The Labute approximate surface area is 171 Å². The van der Waals surface area contributed by atoms with Crippen LogP contribution in [0.15, 0.2) is 46.9 Å². The molecule has 0 atom stereocenters. The molecule has 0 N–H and O–H groups in total. The van der Waals surface area contributed by atoms with Gasteiger partial charge in [0.05, 0.1) is 21.3 Å². The molecule has 0 radical (unpaired) electrons. The number of halogens is 1. The maximum absolute atomic E-state index is 12.9. The van der Waals surface area contributed by atoms with E-state index < -0.39 is 5.97 Å². The van der Waals surface area contributed by atoms with Crippen molar-refractivity contribution in [2.75, 3.05) is 21.3 Å². The van der Waals surface area contributed by atoms with Gasteiger partial charge in [0.1, 0.15) is 5.82 Å². The van der Waals surface area contributed by atoms with Gasteiger partial charge in [-0.05, 0) is 35.9 Å². The van der Waals surface area contributed by atoms with Gasteiger partial charge in [-0.25, -0.2) is 9.18 Å². The zero-order valence-electron chi connectivity index (χ0n) is 16.5. The molecule has 0 unspecified atom stereocenters. The average Bonchev–Trinajstić information content (AvgIpc) is 3.25. The summed E-state index contributed by atoms with van der Waals surface area (Å²) < 4.78 is 39.4. The summed E-state index contributed by atoms with van der Waals surface area (Å²) in [6, 6.07) is 9.01. The van der Waals surface area contributed by atoms with Crippen LogP contribution in [0.5, 0.6) is 17.2 Å². The predicted octanol–water partition coefficient (Wildman–Crippen LogP) is 3.66. The van der Waals surface area contributed by atoms with E-state index in [0.717, 1.165) is 0 Å². The maximum atomic E-state index is 12.9. The molecule has 1 aromatic heterocycles. The van der Waals surface area contributed by atoms with Gasteiger partial charge >= 0.3 is 5.97 Å². The average molecular weight is 414 g/mol. The van der Waals surface area contributed by atoms with Crippen molar-refractivity contribution in [2.45, 2.75) is 6.61 Å². The van der Waals surface area contributed by atoms with Crippen molar-refractivity contribution in [1.82, 2.24) is 10.2 Å². The fraction of sp³-hybridized carbons (Fsp3) is 0.190. The fourth-order valence-electron chi connectivity index (χ4n) is 2.55. The van der Waals surface area contributed by atoms with E-state index in [1.807, 2.05) is 0 Å². The largest absolute Gasteiger partial charge is 0.493 e. The Hall–Kier alpha value is -3.88. The summed E-state index contributed by atoms with van der Waals surface area (Å²) in [6.07, 6.45) is 2.74. The highest BCUT2D eigenvalue weighted by molar-refractivity contribution is 5.86. The lowest BCUT2D eigenvalue weighted by Crippen LogP contribution is -2.00. The standard InChI is InChI=1S/C21H19FN2O6/c1-26-16-10-14(11-17(27-2)20(16)28-3)21-24-23-18(30-21)12-29-19(25)9-6-13-4-7-15(22)8-5-13/h4-11H,12H2,1-3H3/b9-6+. The molecule has 0 aliphatic carbocycles. The summed E-state index contributed by atoms with van der Waals surface area (Å²) in [5, 5.41) is 7.83. The Morgan fingerprint density at radius 2 is 1.70 bits per heavy atom. The number of aromatic nitrogens is 2. The number of carbonyl (C=O) groups is 1. The molecule has 0 amide bonds. The van der Waals surface area contributed by atoms with Gasteiger partial charge in [-0.1, -0.05) is 12.1 Å². The van der Waals surface area contributed by atoms with E-state index in [4.69, 9.17) is 23.4 Å². The van der Waals surface area contributed by atoms with Gasteiger partial charge in [-0.3, -0.25) is 0 Å². The van der Waals surface area contributed by atoms with Crippen molar-refractivity contribution in [3.63, 3.8) is 0 Å². The molecule has 0 saturated heterocycles. The van der Waals surface area contributed by atoms with E-state index in [-0.39, 0.29) is 24.2 Å². The van der Waals surface area contributed by atoms with E-state index in [9.17, 15) is 9.18 Å². The number of hydrogen-bond donors (Lipinski definition) is 0. The monoisotopic (exact) mass is 414 g/mol. The first kappa shape index (κ1) is 20.8. The summed E-state index contributed by atoms with van der Waals surface area (Å²) in [4.78, 5) is 11.9. The Balaban J connectivity index is 1.66. The van der Waals surface area contributed by atoms with Gasteiger partial charge in [-0.15, -0.1) is 10.2 Å². The first-order valence-corrected chi connectivity index (χ1v) is 8.77. The SMILES string of the molecule is COc1cc(-c2nnc(COC(=O)/C=C/c3ccc(F)cc3)o2)cc(OC)c1OC. The van der Waals surface area contributed by atoms with Crippen LogP contribution in [0.4, 0.5) is 4.39 Å². The highest BCUT2D eigenvalue weighted by Gasteiger charge is 2.17. The van der Waals surface area contributed by atoms with Crippen LogP contribution in [0.2, 0.25) is 0 Å². The molecule has 30 heavy (non-hydrogen) atoms. The van der Waals surface area contributed by atoms with Gasteiger partial charge in [-0.2, -0.15) is 0 Å². The lowest BCUT2D eigenvalue weighted by molar-refractivity contribution is -0.139. The molecule has 3 aromatic rings. The number of rotatable bonds is 8. The first-order valence-electron chi connectivity index (χ1n) is 8.77. The van der Waals surface area contributed by atoms with Crippen LogP contribution in [0, 0.1) is 5.82 Å². The summed E-state index contributed by atoms with van der Waals surface area (Å²) in [5.41, 5.74) is 1.21. The van der Waals surface area contributed by atoms with Gasteiger partial charge in [0.2, 0.25) is 11.6 Å². The summed E-state index contributed by atoms with van der Waals surface area (Å²) in [5.74, 6) is 0.656. The van der Waals surface area contributed by atoms with E-state index >= 15 is 0 Å². The summed E-state index contributed by atoms with van der Waals surface area (Å²) in [6.45, 7) is -0.204. The highest BCUT2D eigenvalue weighted by Crippen LogP contribution is 2.40. The molecule has 0 aliphatic heterocycles. The van der Waals surface area contributed by atoms with Crippen LogP contribution in [0.1, 0.15) is 11.5 Å². The minimum atomic E-state index is -0.605. The lowest BCUT2D eigenvalue weighted by atomic mass is 10.2. The summed E-state index contributed by atoms with van der Waals surface area (Å²) in [7, 11) is 4.50. The molecule has 3 rings (SSSR count). The molecule has 8 nitrogen and oxygen atoms in total. The third-order valence-corrected chi connectivity index (χ3v) is 4.00. The van der Waals surface area contributed by atoms with Crippen LogP contribution in [-0.2, 0) is 16.1 Å². The summed E-state index contributed by atoms with van der Waals surface area (Å²) >= 11 is 0. The van der Waals surface area contributed by atoms with Crippen molar-refractivity contribution in [3.8, 4) is 28.7 Å². The van der Waals surface area contributed by atoms with Crippen molar-refractivity contribution in [3.05, 3.63) is 59.7 Å². The normalized spacial score (nSPS) is 10.8. The molecule has 0 fully saturated rings. The molecule has 0 bridgehead atoms. The topological polar surface area (TPSA) is 92.9 Å². The molecule has 0 aliphatic rings. The minimum Gasteiger partial charge on any atom is -0.493 e. The Bertz CT molecular complexity index is 1020. The van der Waals surface area contributed by atoms with Crippen molar-refractivity contribution >= 4 is 12.0 Å². The smallest absolute Gasteiger partial charge is 0.331 e. The van der Waals surface area contributed by atoms with Crippen molar-refractivity contribution < 1.29 is 32.5 Å². The van der Waals surface area contributed by atoms with Gasteiger partial charge < -0.3 is 23.4 Å². The van der Waals surface area contributed by atoms with Crippen LogP contribution in [0.25, 0.3) is 17.5 Å². The fourth-order valence-corrected chi connectivity index (χ4v) is 2.55. The molecule has 0 saturated carbocycles. The van der Waals surface area contributed by atoms with Crippen molar-refractivity contribution in [1.29, 1.82) is 0 Å². The second kappa shape index (κ2) is 9.55. The molecular weight excluding hydrogens is 395 g/mol. The van der Waals surface area contributed by atoms with Gasteiger partial charge in [0.25, 0.3) is 5.89 Å². The van der Waals surface area contributed by atoms with Crippen LogP contribution in [-0.4, -0.2) is 37.5 Å². The second-order valence-electron chi connectivity index (χ2n) is 5.91. The quantitative estimate of drug-likeness (QED) is 0.407. The number of carbonyl (C=O) groups excluding carboxylic acids is 1. The van der Waals surface area contributed by atoms with E-state index in [1.165, 1.54) is 45.6 Å². The number of benzene rings is 2. The zero-order chi connectivity index (χ0) is 21.5. The zero-order valence-corrected chi connectivity index (χ0v) is 16.5. The van der Waals surface area contributed by atoms with E-state index in [2.05, 4.69) is 10.2 Å².